The van der Waals surface area contributed by atoms with Gasteiger partial charge >= 0.3 is 6.01 Å². The number of aromatic nitrogens is 2. The molecule has 0 saturated heterocycles. The first-order valence-corrected chi connectivity index (χ1v) is 8.17. The van der Waals surface area contributed by atoms with Gasteiger partial charge in [0.1, 0.15) is 11.6 Å². The monoisotopic (exact) mass is 354 g/mol. The van der Waals surface area contributed by atoms with Crippen molar-refractivity contribution < 1.29 is 19.0 Å². The summed E-state index contributed by atoms with van der Waals surface area (Å²) >= 11 is 0. The summed E-state index contributed by atoms with van der Waals surface area (Å²) in [4.78, 5) is 8.26. The Morgan fingerprint density at radius 3 is 2.42 bits per heavy atom. The van der Waals surface area contributed by atoms with Crippen molar-refractivity contribution in [1.29, 1.82) is 0 Å². The van der Waals surface area contributed by atoms with Crippen molar-refractivity contribution in [3.8, 4) is 22.9 Å². The Bertz CT molecular complexity index is 852. The molecule has 0 aliphatic heterocycles. The van der Waals surface area contributed by atoms with Crippen LogP contribution in [0.3, 0.4) is 0 Å². The van der Waals surface area contributed by atoms with Crippen LogP contribution in [0.25, 0.3) is 11.1 Å². The number of benzene rings is 2. The number of methoxy groups -OCH3 is 1. The molecule has 26 heavy (non-hydrogen) atoms. The van der Waals surface area contributed by atoms with E-state index in [1.807, 2.05) is 24.3 Å². The maximum atomic E-state index is 14.2. The molecule has 1 aromatic heterocycles. The van der Waals surface area contributed by atoms with Crippen LogP contribution in [0.4, 0.5) is 4.39 Å². The number of ether oxygens (including phenoxy) is 2. The Balaban J connectivity index is 1.61. The zero-order valence-corrected chi connectivity index (χ0v) is 14.4. The van der Waals surface area contributed by atoms with E-state index in [2.05, 4.69) is 9.97 Å². The normalized spacial score (nSPS) is 10.6. The van der Waals surface area contributed by atoms with Crippen LogP contribution in [0.5, 0.6) is 11.8 Å². The van der Waals surface area contributed by atoms with E-state index in [0.29, 0.717) is 24.2 Å². The Hall–Kier alpha value is -2.99. The third-order valence-corrected chi connectivity index (χ3v) is 3.97. The minimum Gasteiger partial charge on any atom is -0.497 e. The van der Waals surface area contributed by atoms with Crippen molar-refractivity contribution in [1.82, 2.24) is 9.97 Å². The van der Waals surface area contributed by atoms with Gasteiger partial charge in [0.25, 0.3) is 0 Å². The summed E-state index contributed by atoms with van der Waals surface area (Å²) in [7, 11) is 1.63. The third-order valence-electron chi connectivity index (χ3n) is 3.97. The third kappa shape index (κ3) is 4.15. The van der Waals surface area contributed by atoms with E-state index in [1.54, 1.807) is 19.2 Å². The van der Waals surface area contributed by atoms with E-state index in [9.17, 15) is 4.39 Å². The summed E-state index contributed by atoms with van der Waals surface area (Å²) in [6.07, 6.45) is 3.73. The number of hydrogen-bond acceptors (Lipinski definition) is 5. The lowest BCUT2D eigenvalue weighted by Crippen LogP contribution is -2.04. The summed E-state index contributed by atoms with van der Waals surface area (Å²) in [6, 6.07) is 12.8. The number of nitrogens with zero attached hydrogens (tertiary/aromatic N) is 2. The van der Waals surface area contributed by atoms with Gasteiger partial charge in [-0.3, -0.25) is 0 Å². The maximum Gasteiger partial charge on any atom is 0.316 e. The molecule has 0 amide bonds. The number of rotatable bonds is 7. The van der Waals surface area contributed by atoms with Crippen LogP contribution in [0.2, 0.25) is 0 Å². The quantitative estimate of drug-likeness (QED) is 0.704. The summed E-state index contributed by atoms with van der Waals surface area (Å²) in [5.41, 5.74) is 2.23. The molecule has 3 rings (SSSR count). The van der Waals surface area contributed by atoms with E-state index in [0.717, 1.165) is 11.3 Å². The molecule has 3 aromatic rings. The molecular weight excluding hydrogens is 335 g/mol. The fourth-order valence-electron chi connectivity index (χ4n) is 2.51. The molecule has 0 saturated carbocycles. The second-order valence-electron chi connectivity index (χ2n) is 5.64. The van der Waals surface area contributed by atoms with Crippen LogP contribution in [0.15, 0.2) is 54.9 Å². The first-order valence-electron chi connectivity index (χ1n) is 8.17. The maximum absolute atomic E-state index is 14.2. The predicted molar refractivity (Wildman–Crippen MR) is 95.5 cm³/mol. The smallest absolute Gasteiger partial charge is 0.316 e. The van der Waals surface area contributed by atoms with Gasteiger partial charge in [-0.1, -0.05) is 30.3 Å². The van der Waals surface area contributed by atoms with Gasteiger partial charge in [-0.05, 0) is 17.7 Å². The highest BCUT2D eigenvalue weighted by molar-refractivity contribution is 5.63. The lowest BCUT2D eigenvalue weighted by molar-refractivity contribution is 0.276. The van der Waals surface area contributed by atoms with Gasteiger partial charge in [-0.2, -0.15) is 0 Å². The molecule has 0 fully saturated rings. The highest BCUT2D eigenvalue weighted by Gasteiger charge is 2.10. The summed E-state index contributed by atoms with van der Waals surface area (Å²) in [6.45, 7) is 0.0765. The molecule has 0 aliphatic carbocycles. The SMILES string of the molecule is COc1ccc(CCOc2ncc(-c3cccc(CO)c3F)cn2)cc1. The molecule has 0 aliphatic rings. The van der Waals surface area contributed by atoms with Crippen LogP contribution in [0, 0.1) is 5.82 Å². The Morgan fingerprint density at radius 1 is 1.04 bits per heavy atom. The molecule has 5 nitrogen and oxygen atoms in total. The van der Waals surface area contributed by atoms with Crippen molar-refractivity contribution in [3.05, 3.63) is 71.8 Å². The van der Waals surface area contributed by atoms with Crippen molar-refractivity contribution >= 4 is 0 Å². The van der Waals surface area contributed by atoms with Gasteiger partial charge in [0.15, 0.2) is 0 Å². The first-order chi connectivity index (χ1) is 12.7. The average molecular weight is 354 g/mol. The number of halogens is 1. The van der Waals surface area contributed by atoms with E-state index >= 15 is 0 Å². The zero-order valence-electron chi connectivity index (χ0n) is 14.4. The van der Waals surface area contributed by atoms with Gasteiger partial charge < -0.3 is 14.6 Å². The predicted octanol–water partition coefficient (Wildman–Crippen LogP) is 3.41. The van der Waals surface area contributed by atoms with E-state index in [4.69, 9.17) is 14.6 Å². The zero-order chi connectivity index (χ0) is 18.4. The molecular formula is C20H19FN2O3. The Kier molecular flexibility index (Phi) is 5.76. The lowest BCUT2D eigenvalue weighted by Gasteiger charge is -2.08. The molecule has 0 spiro atoms. The van der Waals surface area contributed by atoms with E-state index < -0.39 is 5.82 Å². The average Bonchev–Trinajstić information content (AvgIpc) is 2.69. The van der Waals surface area contributed by atoms with Crippen molar-refractivity contribution in [3.63, 3.8) is 0 Å². The molecule has 134 valence electrons. The molecule has 2 aromatic carbocycles. The minimum atomic E-state index is -0.466. The number of hydrogen-bond donors (Lipinski definition) is 1. The van der Waals surface area contributed by atoms with Gasteiger partial charge in [0, 0.05) is 35.5 Å². The molecule has 0 unspecified atom stereocenters. The van der Waals surface area contributed by atoms with Crippen LogP contribution in [-0.2, 0) is 13.0 Å². The molecule has 0 atom stereocenters. The molecule has 0 radical (unpaired) electrons. The van der Waals surface area contributed by atoms with Crippen molar-refractivity contribution in [2.24, 2.45) is 0 Å². The van der Waals surface area contributed by atoms with Crippen molar-refractivity contribution in [2.45, 2.75) is 13.0 Å². The van der Waals surface area contributed by atoms with Crippen molar-refractivity contribution in [2.75, 3.05) is 13.7 Å². The Morgan fingerprint density at radius 2 is 1.77 bits per heavy atom. The van der Waals surface area contributed by atoms with Gasteiger partial charge in [-0.15, -0.1) is 0 Å². The van der Waals surface area contributed by atoms with Crippen LogP contribution >= 0.6 is 0 Å². The molecule has 6 heteroatoms. The molecule has 0 bridgehead atoms. The largest absolute Gasteiger partial charge is 0.497 e. The second-order valence-corrected chi connectivity index (χ2v) is 5.64. The Labute approximate surface area is 151 Å². The fourth-order valence-corrected chi connectivity index (χ4v) is 2.51. The highest BCUT2D eigenvalue weighted by Crippen LogP contribution is 2.24. The summed E-state index contributed by atoms with van der Waals surface area (Å²) in [5, 5.41) is 9.16. The van der Waals surface area contributed by atoms with E-state index in [1.165, 1.54) is 18.5 Å². The first kappa shape index (κ1) is 17.8. The van der Waals surface area contributed by atoms with Crippen LogP contribution < -0.4 is 9.47 Å². The van der Waals surface area contributed by atoms with Gasteiger partial charge in [-0.25, -0.2) is 14.4 Å². The van der Waals surface area contributed by atoms with Crippen LogP contribution in [0.1, 0.15) is 11.1 Å². The molecule has 1 N–H and O–H groups in total. The van der Waals surface area contributed by atoms with E-state index in [-0.39, 0.29) is 18.2 Å². The topological polar surface area (TPSA) is 64.5 Å². The summed E-state index contributed by atoms with van der Waals surface area (Å²) < 4.78 is 24.9. The lowest BCUT2D eigenvalue weighted by atomic mass is 10.1. The van der Waals surface area contributed by atoms with Gasteiger partial charge in [0.2, 0.25) is 0 Å². The highest BCUT2D eigenvalue weighted by atomic mass is 19.1. The van der Waals surface area contributed by atoms with Gasteiger partial charge in [0.05, 0.1) is 20.3 Å². The number of aliphatic hydroxyl groups excluding tert-OH is 1. The number of aliphatic hydroxyl groups is 1. The summed E-state index contributed by atoms with van der Waals surface area (Å²) in [5.74, 6) is 0.345. The molecule has 1 heterocycles. The second kappa shape index (κ2) is 8.40. The fraction of sp³-hybridized carbons (Fsp3) is 0.200. The minimum absolute atomic E-state index is 0.237. The standard InChI is InChI=1S/C20H19FN2O3/c1-25-17-7-5-14(6-8-17)9-10-26-20-22-11-16(12-23-20)18-4-2-3-15(13-24)19(18)21/h2-8,11-12,24H,9-10,13H2,1H3. The van der Waals surface area contributed by atoms with Crippen LogP contribution in [-0.4, -0.2) is 28.8 Å².